The zero-order valence-corrected chi connectivity index (χ0v) is 10.2. The van der Waals surface area contributed by atoms with Crippen LogP contribution in [0.3, 0.4) is 0 Å². The van der Waals surface area contributed by atoms with Crippen LogP contribution in [0.15, 0.2) is 10.9 Å². The Morgan fingerprint density at radius 3 is 2.88 bits per heavy atom. The first-order chi connectivity index (χ1) is 8.04. The van der Waals surface area contributed by atoms with E-state index in [2.05, 4.69) is 51.4 Å². The van der Waals surface area contributed by atoms with Gasteiger partial charge >= 0.3 is 0 Å². The topological polar surface area (TPSA) is 92.5 Å². The van der Waals surface area contributed by atoms with Crippen molar-refractivity contribution in [1.82, 2.24) is 30.6 Å². The second kappa shape index (κ2) is 4.62. The minimum atomic E-state index is 0.0911. The van der Waals surface area contributed by atoms with Gasteiger partial charge in [0.15, 0.2) is 5.82 Å². The maximum Gasteiger partial charge on any atom is 0.239 e. The standard InChI is InChI=1S/C10H16N6O/c1-10(2,3)12-5-4-7-14-9(16-17-7)8-11-6-13-15-8/h6,12H,4-5H2,1-3H3,(H,11,13,15). The molecule has 0 spiro atoms. The summed E-state index contributed by atoms with van der Waals surface area (Å²) in [6.07, 6.45) is 2.10. The second-order valence-corrected chi connectivity index (χ2v) is 4.77. The molecule has 2 aromatic rings. The molecule has 17 heavy (non-hydrogen) atoms. The fourth-order valence-electron chi connectivity index (χ4n) is 1.31. The number of aromatic amines is 1. The molecule has 0 saturated heterocycles. The average Bonchev–Trinajstić information content (AvgIpc) is 2.83. The zero-order valence-electron chi connectivity index (χ0n) is 10.2. The number of nitrogens with one attached hydrogen (secondary N) is 2. The fourth-order valence-corrected chi connectivity index (χ4v) is 1.31. The van der Waals surface area contributed by atoms with Crippen molar-refractivity contribution in [2.45, 2.75) is 32.7 Å². The van der Waals surface area contributed by atoms with Crippen LogP contribution in [-0.2, 0) is 6.42 Å². The molecule has 0 amide bonds. The van der Waals surface area contributed by atoms with Crippen molar-refractivity contribution in [3.8, 4) is 11.6 Å². The quantitative estimate of drug-likeness (QED) is 0.815. The third-order valence-electron chi connectivity index (χ3n) is 2.09. The van der Waals surface area contributed by atoms with Gasteiger partial charge in [-0.15, -0.1) is 0 Å². The van der Waals surface area contributed by atoms with Crippen molar-refractivity contribution in [3.05, 3.63) is 12.2 Å². The molecule has 0 aliphatic carbocycles. The van der Waals surface area contributed by atoms with E-state index in [1.165, 1.54) is 6.33 Å². The molecular formula is C10H16N6O. The predicted molar refractivity (Wildman–Crippen MR) is 61.1 cm³/mol. The molecule has 2 rings (SSSR count). The van der Waals surface area contributed by atoms with Crippen molar-refractivity contribution in [2.24, 2.45) is 0 Å². The summed E-state index contributed by atoms with van der Waals surface area (Å²) in [5.41, 5.74) is 0.0911. The number of aromatic nitrogens is 5. The van der Waals surface area contributed by atoms with Gasteiger partial charge in [-0.3, -0.25) is 5.10 Å². The lowest BCUT2D eigenvalue weighted by atomic mass is 10.1. The van der Waals surface area contributed by atoms with Crippen LogP contribution in [0.25, 0.3) is 11.6 Å². The Bertz CT molecular complexity index is 455. The van der Waals surface area contributed by atoms with Crippen LogP contribution in [-0.4, -0.2) is 37.4 Å². The van der Waals surface area contributed by atoms with Crippen molar-refractivity contribution >= 4 is 0 Å². The van der Waals surface area contributed by atoms with Gasteiger partial charge < -0.3 is 9.84 Å². The first kappa shape index (κ1) is 11.7. The lowest BCUT2D eigenvalue weighted by Gasteiger charge is -2.19. The van der Waals surface area contributed by atoms with E-state index in [1.807, 2.05) is 0 Å². The van der Waals surface area contributed by atoms with Gasteiger partial charge in [-0.05, 0) is 20.8 Å². The van der Waals surface area contributed by atoms with E-state index in [9.17, 15) is 0 Å². The highest BCUT2D eigenvalue weighted by Crippen LogP contribution is 2.09. The van der Waals surface area contributed by atoms with Crippen LogP contribution >= 0.6 is 0 Å². The maximum atomic E-state index is 5.11. The number of rotatable bonds is 4. The molecule has 0 radical (unpaired) electrons. The van der Waals surface area contributed by atoms with E-state index in [0.29, 0.717) is 24.0 Å². The molecule has 0 unspecified atom stereocenters. The van der Waals surface area contributed by atoms with E-state index < -0.39 is 0 Å². The molecule has 92 valence electrons. The van der Waals surface area contributed by atoms with E-state index in [4.69, 9.17) is 4.52 Å². The SMILES string of the molecule is CC(C)(C)NCCc1nc(-c2ncn[nH]2)no1. The van der Waals surface area contributed by atoms with E-state index in [0.717, 1.165) is 6.54 Å². The molecule has 2 N–H and O–H groups in total. The van der Waals surface area contributed by atoms with Crippen LogP contribution in [0, 0.1) is 0 Å². The third-order valence-corrected chi connectivity index (χ3v) is 2.09. The highest BCUT2D eigenvalue weighted by Gasteiger charge is 2.12. The first-order valence-electron chi connectivity index (χ1n) is 5.48. The van der Waals surface area contributed by atoms with Crippen LogP contribution < -0.4 is 5.32 Å². The first-order valence-corrected chi connectivity index (χ1v) is 5.48. The maximum absolute atomic E-state index is 5.11. The lowest BCUT2D eigenvalue weighted by molar-refractivity contribution is 0.362. The number of H-pyrrole nitrogens is 1. The van der Waals surface area contributed by atoms with Gasteiger partial charge in [0.2, 0.25) is 11.7 Å². The monoisotopic (exact) mass is 236 g/mol. The Kier molecular flexibility index (Phi) is 3.19. The fraction of sp³-hybridized carbons (Fsp3) is 0.600. The molecule has 0 aromatic carbocycles. The highest BCUT2D eigenvalue weighted by molar-refractivity contribution is 5.39. The van der Waals surface area contributed by atoms with Crippen LogP contribution in [0.5, 0.6) is 0 Å². The van der Waals surface area contributed by atoms with Gasteiger partial charge in [0.25, 0.3) is 0 Å². The zero-order chi connectivity index (χ0) is 12.3. The molecule has 2 heterocycles. The molecule has 0 aliphatic heterocycles. The summed E-state index contributed by atoms with van der Waals surface area (Å²) in [5.74, 6) is 1.55. The summed E-state index contributed by atoms with van der Waals surface area (Å²) in [6.45, 7) is 7.13. The Balaban J connectivity index is 1.91. The number of hydrogen-bond donors (Lipinski definition) is 2. The lowest BCUT2D eigenvalue weighted by Crippen LogP contribution is -2.37. The van der Waals surface area contributed by atoms with Crippen molar-refractivity contribution in [3.63, 3.8) is 0 Å². The summed E-state index contributed by atoms with van der Waals surface area (Å²) in [6, 6.07) is 0. The predicted octanol–water partition coefficient (Wildman–Crippen LogP) is 0.785. The molecule has 0 atom stereocenters. The van der Waals surface area contributed by atoms with Gasteiger partial charge in [-0.1, -0.05) is 5.16 Å². The summed E-state index contributed by atoms with van der Waals surface area (Å²) in [4.78, 5) is 8.17. The smallest absolute Gasteiger partial charge is 0.239 e. The summed E-state index contributed by atoms with van der Waals surface area (Å²) in [7, 11) is 0. The third kappa shape index (κ3) is 3.35. The van der Waals surface area contributed by atoms with Crippen molar-refractivity contribution in [1.29, 1.82) is 0 Å². The van der Waals surface area contributed by atoms with Crippen molar-refractivity contribution in [2.75, 3.05) is 6.54 Å². The summed E-state index contributed by atoms with van der Waals surface area (Å²) < 4.78 is 5.11. The Hall–Kier alpha value is -1.76. The van der Waals surface area contributed by atoms with Gasteiger partial charge in [0, 0.05) is 18.5 Å². The molecule has 7 nitrogen and oxygen atoms in total. The second-order valence-electron chi connectivity index (χ2n) is 4.77. The molecule has 7 heteroatoms. The molecule has 0 fully saturated rings. The van der Waals surface area contributed by atoms with E-state index >= 15 is 0 Å². The Morgan fingerprint density at radius 2 is 2.24 bits per heavy atom. The van der Waals surface area contributed by atoms with E-state index in [1.54, 1.807) is 0 Å². The molecule has 0 saturated carbocycles. The van der Waals surface area contributed by atoms with Gasteiger partial charge in [0.05, 0.1) is 0 Å². The normalized spacial score (nSPS) is 11.9. The van der Waals surface area contributed by atoms with Gasteiger partial charge in [0.1, 0.15) is 6.33 Å². The Labute approximate surface area is 99.0 Å². The number of nitrogens with zero attached hydrogens (tertiary/aromatic N) is 4. The molecular weight excluding hydrogens is 220 g/mol. The van der Waals surface area contributed by atoms with Crippen LogP contribution in [0.4, 0.5) is 0 Å². The number of hydrogen-bond acceptors (Lipinski definition) is 6. The average molecular weight is 236 g/mol. The highest BCUT2D eigenvalue weighted by atomic mass is 16.5. The minimum Gasteiger partial charge on any atom is -0.339 e. The van der Waals surface area contributed by atoms with Crippen LogP contribution in [0.1, 0.15) is 26.7 Å². The largest absolute Gasteiger partial charge is 0.339 e. The van der Waals surface area contributed by atoms with Crippen LogP contribution in [0.2, 0.25) is 0 Å². The Morgan fingerprint density at radius 1 is 1.41 bits per heavy atom. The molecule has 2 aromatic heterocycles. The van der Waals surface area contributed by atoms with Crippen molar-refractivity contribution < 1.29 is 4.52 Å². The van der Waals surface area contributed by atoms with Gasteiger partial charge in [-0.2, -0.15) is 10.1 Å². The minimum absolute atomic E-state index is 0.0911. The molecule has 0 aliphatic rings. The van der Waals surface area contributed by atoms with E-state index in [-0.39, 0.29) is 5.54 Å². The van der Waals surface area contributed by atoms with Gasteiger partial charge in [-0.25, -0.2) is 4.98 Å². The summed E-state index contributed by atoms with van der Waals surface area (Å²) in [5, 5.41) is 13.6. The summed E-state index contributed by atoms with van der Waals surface area (Å²) >= 11 is 0. The molecule has 0 bridgehead atoms.